The molecule has 0 unspecified atom stereocenters. The summed E-state index contributed by atoms with van der Waals surface area (Å²) in [6.45, 7) is 3.65. The van der Waals surface area contributed by atoms with Gasteiger partial charge >= 0.3 is 0 Å². The lowest BCUT2D eigenvalue weighted by Crippen LogP contribution is -2.34. The van der Waals surface area contributed by atoms with Gasteiger partial charge < -0.3 is 14.6 Å². The van der Waals surface area contributed by atoms with Gasteiger partial charge in [-0.1, -0.05) is 19.4 Å². The zero-order valence-corrected chi connectivity index (χ0v) is 13.9. The Balaban J connectivity index is 1.78. The van der Waals surface area contributed by atoms with Crippen molar-refractivity contribution in [3.8, 4) is 5.75 Å². The molecule has 0 atom stereocenters. The molecular weight excluding hydrogens is 288 g/mol. The molecule has 0 fully saturated rings. The van der Waals surface area contributed by atoms with E-state index >= 15 is 0 Å². The maximum Gasteiger partial charge on any atom is 0.222 e. The number of methoxy groups -OCH3 is 1. The third-order valence-electron chi connectivity index (χ3n) is 4.54. The highest BCUT2D eigenvalue weighted by Gasteiger charge is 2.19. The Hall–Kier alpha value is -2.23. The number of aromatic nitrogens is 1. The number of aromatic amines is 1. The predicted octanol–water partition coefficient (Wildman–Crippen LogP) is 3.98. The minimum atomic E-state index is 0.280. The van der Waals surface area contributed by atoms with Crippen LogP contribution in [0.4, 0.5) is 0 Å². The Kier molecular flexibility index (Phi) is 4.70. The van der Waals surface area contributed by atoms with E-state index in [4.69, 9.17) is 4.74 Å². The molecule has 0 saturated heterocycles. The summed E-state index contributed by atoms with van der Waals surface area (Å²) in [6, 6.07) is 6.08. The smallest absolute Gasteiger partial charge is 0.222 e. The van der Waals surface area contributed by atoms with Crippen molar-refractivity contribution in [2.45, 2.75) is 32.6 Å². The van der Waals surface area contributed by atoms with E-state index in [1.807, 2.05) is 17.0 Å². The number of nitrogens with one attached hydrogen (secondary N) is 1. The summed E-state index contributed by atoms with van der Waals surface area (Å²) in [6.07, 6.45) is 7.87. The third kappa shape index (κ3) is 3.26. The SMILES string of the molecule is CCCCC(=O)N1CC=C(c2c[nH]c3ccc(OC)cc23)CC1. The Labute approximate surface area is 137 Å². The highest BCUT2D eigenvalue weighted by Crippen LogP contribution is 2.31. The molecule has 0 aliphatic carbocycles. The summed E-state index contributed by atoms with van der Waals surface area (Å²) >= 11 is 0. The van der Waals surface area contributed by atoms with Gasteiger partial charge in [-0.3, -0.25) is 4.79 Å². The van der Waals surface area contributed by atoms with E-state index in [2.05, 4.69) is 30.2 Å². The fourth-order valence-corrected chi connectivity index (χ4v) is 3.12. The van der Waals surface area contributed by atoms with Crippen molar-refractivity contribution in [2.24, 2.45) is 0 Å². The molecule has 3 rings (SSSR count). The molecule has 4 heteroatoms. The highest BCUT2D eigenvalue weighted by atomic mass is 16.5. The average Bonchev–Trinajstić information content (AvgIpc) is 3.02. The summed E-state index contributed by atoms with van der Waals surface area (Å²) in [4.78, 5) is 17.4. The lowest BCUT2D eigenvalue weighted by Gasteiger charge is -2.26. The Morgan fingerprint density at radius 3 is 2.96 bits per heavy atom. The van der Waals surface area contributed by atoms with E-state index in [1.165, 1.54) is 16.5 Å². The van der Waals surface area contributed by atoms with Crippen LogP contribution in [-0.4, -0.2) is 36.0 Å². The molecule has 122 valence electrons. The van der Waals surface area contributed by atoms with E-state index < -0.39 is 0 Å². The van der Waals surface area contributed by atoms with Crippen LogP contribution in [0.25, 0.3) is 16.5 Å². The number of carbonyl (C=O) groups excluding carboxylic acids is 1. The Bertz CT molecular complexity index is 730. The van der Waals surface area contributed by atoms with E-state index in [0.717, 1.165) is 37.1 Å². The molecule has 4 nitrogen and oxygen atoms in total. The Morgan fingerprint density at radius 1 is 1.39 bits per heavy atom. The normalized spacial score (nSPS) is 14.9. The molecule has 0 radical (unpaired) electrons. The summed E-state index contributed by atoms with van der Waals surface area (Å²) in [7, 11) is 1.69. The standard InChI is InChI=1S/C19H24N2O2/c1-3-4-5-19(22)21-10-8-14(9-11-21)17-13-20-18-7-6-15(23-2)12-16(17)18/h6-8,12-13,20H,3-5,9-11H2,1-2H3. The molecule has 0 saturated carbocycles. The predicted molar refractivity (Wildman–Crippen MR) is 93.5 cm³/mol. The van der Waals surface area contributed by atoms with Crippen molar-refractivity contribution < 1.29 is 9.53 Å². The lowest BCUT2D eigenvalue weighted by atomic mass is 9.98. The maximum atomic E-state index is 12.1. The number of hydrogen-bond donors (Lipinski definition) is 1. The van der Waals surface area contributed by atoms with Crippen molar-refractivity contribution in [3.05, 3.63) is 36.0 Å². The minimum absolute atomic E-state index is 0.280. The molecule has 1 aromatic heterocycles. The number of unbranched alkanes of at least 4 members (excludes halogenated alkanes) is 1. The van der Waals surface area contributed by atoms with Gasteiger partial charge in [-0.2, -0.15) is 0 Å². The Morgan fingerprint density at radius 2 is 2.26 bits per heavy atom. The van der Waals surface area contributed by atoms with Crippen LogP contribution in [0, 0.1) is 0 Å². The first-order valence-corrected chi connectivity index (χ1v) is 8.35. The number of nitrogens with zero attached hydrogens (tertiary/aromatic N) is 1. The van der Waals surface area contributed by atoms with Crippen LogP contribution in [-0.2, 0) is 4.79 Å². The number of ether oxygens (including phenoxy) is 1. The molecular formula is C19H24N2O2. The van der Waals surface area contributed by atoms with Crippen LogP contribution in [0.1, 0.15) is 38.2 Å². The van der Waals surface area contributed by atoms with E-state index in [-0.39, 0.29) is 5.91 Å². The van der Waals surface area contributed by atoms with Gasteiger partial charge in [-0.15, -0.1) is 0 Å². The zero-order chi connectivity index (χ0) is 16.2. The molecule has 2 aromatic rings. The molecule has 23 heavy (non-hydrogen) atoms. The van der Waals surface area contributed by atoms with Crippen molar-refractivity contribution in [1.82, 2.24) is 9.88 Å². The quantitative estimate of drug-likeness (QED) is 0.907. The summed E-state index contributed by atoms with van der Waals surface area (Å²) < 4.78 is 5.33. The summed E-state index contributed by atoms with van der Waals surface area (Å²) in [5.74, 6) is 1.15. The number of carbonyl (C=O) groups is 1. The van der Waals surface area contributed by atoms with Gasteiger partial charge in [-0.25, -0.2) is 0 Å². The summed E-state index contributed by atoms with van der Waals surface area (Å²) in [5, 5.41) is 1.18. The van der Waals surface area contributed by atoms with Crippen molar-refractivity contribution >= 4 is 22.4 Å². The number of fused-ring (bicyclic) bond motifs is 1. The first-order valence-electron chi connectivity index (χ1n) is 8.35. The molecule has 0 spiro atoms. The highest BCUT2D eigenvalue weighted by molar-refractivity contribution is 5.94. The van der Waals surface area contributed by atoms with E-state index in [1.54, 1.807) is 7.11 Å². The summed E-state index contributed by atoms with van der Waals surface area (Å²) in [5.41, 5.74) is 3.65. The fraction of sp³-hybridized carbons (Fsp3) is 0.421. The van der Waals surface area contributed by atoms with Crippen LogP contribution in [0.15, 0.2) is 30.5 Å². The van der Waals surface area contributed by atoms with Gasteiger partial charge in [0.05, 0.1) is 7.11 Å². The third-order valence-corrected chi connectivity index (χ3v) is 4.54. The van der Waals surface area contributed by atoms with Crippen molar-refractivity contribution in [3.63, 3.8) is 0 Å². The van der Waals surface area contributed by atoms with Crippen molar-refractivity contribution in [2.75, 3.05) is 20.2 Å². The second-order valence-electron chi connectivity index (χ2n) is 6.04. The molecule has 0 bridgehead atoms. The van der Waals surface area contributed by atoms with Crippen LogP contribution in [0.3, 0.4) is 0 Å². The number of amides is 1. The second-order valence-corrected chi connectivity index (χ2v) is 6.04. The number of hydrogen-bond acceptors (Lipinski definition) is 2. The molecule has 1 aliphatic rings. The minimum Gasteiger partial charge on any atom is -0.497 e. The topological polar surface area (TPSA) is 45.3 Å². The van der Waals surface area contributed by atoms with E-state index in [0.29, 0.717) is 13.0 Å². The van der Waals surface area contributed by atoms with Crippen LogP contribution >= 0.6 is 0 Å². The van der Waals surface area contributed by atoms with Gasteiger partial charge in [0.15, 0.2) is 0 Å². The first kappa shape index (κ1) is 15.7. The molecule has 1 N–H and O–H groups in total. The van der Waals surface area contributed by atoms with Gasteiger partial charge in [0.2, 0.25) is 5.91 Å². The number of rotatable bonds is 5. The lowest BCUT2D eigenvalue weighted by molar-refractivity contribution is -0.130. The molecule has 2 heterocycles. The second kappa shape index (κ2) is 6.90. The fourth-order valence-electron chi connectivity index (χ4n) is 3.12. The maximum absolute atomic E-state index is 12.1. The van der Waals surface area contributed by atoms with Gasteiger partial charge in [0, 0.05) is 42.2 Å². The van der Waals surface area contributed by atoms with Crippen molar-refractivity contribution in [1.29, 1.82) is 0 Å². The first-order chi connectivity index (χ1) is 11.2. The van der Waals surface area contributed by atoms with Gasteiger partial charge in [0.25, 0.3) is 0 Å². The monoisotopic (exact) mass is 312 g/mol. The molecule has 1 amide bonds. The van der Waals surface area contributed by atoms with Crippen LogP contribution < -0.4 is 4.74 Å². The van der Waals surface area contributed by atoms with Gasteiger partial charge in [-0.05, 0) is 36.6 Å². The molecule has 1 aliphatic heterocycles. The van der Waals surface area contributed by atoms with E-state index in [9.17, 15) is 4.79 Å². The number of benzene rings is 1. The number of H-pyrrole nitrogens is 1. The van der Waals surface area contributed by atoms with Crippen LogP contribution in [0.5, 0.6) is 5.75 Å². The zero-order valence-electron chi connectivity index (χ0n) is 13.9. The molecule has 1 aromatic carbocycles. The van der Waals surface area contributed by atoms with Crippen LogP contribution in [0.2, 0.25) is 0 Å². The largest absolute Gasteiger partial charge is 0.497 e. The average molecular weight is 312 g/mol. The van der Waals surface area contributed by atoms with Gasteiger partial charge in [0.1, 0.15) is 5.75 Å².